The molecule has 0 amide bonds. The van der Waals surface area contributed by atoms with E-state index in [1.165, 1.54) is 52.0 Å². The second-order valence-corrected chi connectivity index (χ2v) is 7.79. The van der Waals surface area contributed by atoms with E-state index in [0.717, 1.165) is 24.9 Å². The van der Waals surface area contributed by atoms with Crippen LogP contribution in [0, 0.1) is 5.92 Å². The maximum atomic E-state index is 9.94. The molecule has 2 atom stereocenters. The second-order valence-electron chi connectivity index (χ2n) is 7.79. The van der Waals surface area contributed by atoms with E-state index in [1.807, 2.05) is 0 Å². The molecule has 1 unspecified atom stereocenters. The molecule has 5 heteroatoms. The molecule has 0 aliphatic carbocycles. The number of piperazine rings is 1. The maximum absolute atomic E-state index is 9.94. The number of carbonyl (C=O) groups is 1. The minimum atomic E-state index is 0.461. The van der Waals surface area contributed by atoms with Gasteiger partial charge in [0, 0.05) is 45.0 Å². The smallest absolute Gasteiger partial charge is 0.168 e. The van der Waals surface area contributed by atoms with Gasteiger partial charge in [0.25, 0.3) is 0 Å². The van der Waals surface area contributed by atoms with Gasteiger partial charge in [0.05, 0.1) is 6.10 Å². The average Bonchev–Trinajstić information content (AvgIpc) is 2.68. The van der Waals surface area contributed by atoms with Crippen LogP contribution in [0.5, 0.6) is 0 Å². The molecule has 1 aromatic rings. The molecular formula is C21H35N3O2. The Morgan fingerprint density at radius 3 is 2.58 bits per heavy atom. The third-order valence-corrected chi connectivity index (χ3v) is 5.21. The van der Waals surface area contributed by atoms with Gasteiger partial charge in [-0.2, -0.15) is 0 Å². The van der Waals surface area contributed by atoms with Crippen LogP contribution in [0.25, 0.3) is 0 Å². The summed E-state index contributed by atoms with van der Waals surface area (Å²) in [6.45, 7) is 14.1. The molecule has 0 N–H and O–H groups in total. The molecule has 3 heterocycles. The van der Waals surface area contributed by atoms with Crippen LogP contribution in [0.1, 0.15) is 50.5 Å². The van der Waals surface area contributed by atoms with E-state index >= 15 is 0 Å². The number of rotatable bonds is 5. The van der Waals surface area contributed by atoms with Crippen molar-refractivity contribution in [1.29, 1.82) is 0 Å². The summed E-state index contributed by atoms with van der Waals surface area (Å²) in [7, 11) is 0. The fourth-order valence-electron chi connectivity index (χ4n) is 3.54. The highest BCUT2D eigenvalue weighted by atomic mass is 16.5. The van der Waals surface area contributed by atoms with Crippen molar-refractivity contribution in [3.05, 3.63) is 30.1 Å². The van der Waals surface area contributed by atoms with E-state index in [9.17, 15) is 4.79 Å². The summed E-state index contributed by atoms with van der Waals surface area (Å²) in [6, 6.07) is 5.98. The molecule has 0 saturated carbocycles. The quantitative estimate of drug-likeness (QED) is 0.754. The number of nitrogens with zero attached hydrogens (tertiary/aromatic N) is 3. The zero-order valence-corrected chi connectivity index (χ0v) is 16.6. The first-order valence-electron chi connectivity index (χ1n) is 10.0. The summed E-state index contributed by atoms with van der Waals surface area (Å²) < 4.78 is 5.65. The topological polar surface area (TPSA) is 45.7 Å². The van der Waals surface area contributed by atoms with Crippen LogP contribution >= 0.6 is 0 Å². The van der Waals surface area contributed by atoms with E-state index < -0.39 is 0 Å². The number of ether oxygens (including phenoxy) is 1. The van der Waals surface area contributed by atoms with E-state index in [2.05, 4.69) is 35.6 Å². The number of aldehydes is 1. The Kier molecular flexibility index (Phi) is 9.23. The molecule has 2 saturated heterocycles. The molecule has 0 bridgehead atoms. The van der Waals surface area contributed by atoms with Crippen LogP contribution in [-0.2, 0) is 4.74 Å². The fourth-order valence-corrected chi connectivity index (χ4v) is 3.54. The molecule has 1 aromatic heterocycles. The largest absolute Gasteiger partial charge is 0.378 e. The van der Waals surface area contributed by atoms with Gasteiger partial charge in [-0.15, -0.1) is 0 Å². The number of hydrogen-bond donors (Lipinski definition) is 0. The van der Waals surface area contributed by atoms with Gasteiger partial charge < -0.3 is 9.64 Å². The lowest BCUT2D eigenvalue weighted by Gasteiger charge is -2.42. The Balaban J connectivity index is 0.000000254. The van der Waals surface area contributed by atoms with Crippen molar-refractivity contribution in [2.75, 3.05) is 39.3 Å². The predicted octanol–water partition coefficient (Wildman–Crippen LogP) is 3.11. The van der Waals surface area contributed by atoms with E-state index in [4.69, 9.17) is 4.74 Å². The first-order chi connectivity index (χ1) is 12.6. The van der Waals surface area contributed by atoms with Gasteiger partial charge in [-0.05, 0) is 50.8 Å². The molecule has 5 nitrogen and oxygen atoms in total. The van der Waals surface area contributed by atoms with Crippen LogP contribution in [0.15, 0.2) is 24.4 Å². The molecule has 0 radical (unpaired) electrons. The maximum Gasteiger partial charge on any atom is 0.168 e. The number of hydrogen-bond acceptors (Lipinski definition) is 5. The van der Waals surface area contributed by atoms with Gasteiger partial charge >= 0.3 is 0 Å². The summed E-state index contributed by atoms with van der Waals surface area (Å²) in [6.07, 6.45) is 6.57. The number of pyridine rings is 1. The van der Waals surface area contributed by atoms with Crippen molar-refractivity contribution in [3.63, 3.8) is 0 Å². The van der Waals surface area contributed by atoms with Gasteiger partial charge in [0.1, 0.15) is 5.69 Å². The van der Waals surface area contributed by atoms with Crippen LogP contribution in [-0.4, -0.2) is 72.5 Å². The molecule has 26 heavy (non-hydrogen) atoms. The Hall–Kier alpha value is -1.30. The summed E-state index contributed by atoms with van der Waals surface area (Å²) in [5.74, 6) is 0.833. The van der Waals surface area contributed by atoms with E-state index in [-0.39, 0.29) is 0 Å². The molecule has 2 aliphatic rings. The number of aromatic nitrogens is 1. The van der Waals surface area contributed by atoms with Crippen molar-refractivity contribution in [3.8, 4) is 0 Å². The van der Waals surface area contributed by atoms with Crippen molar-refractivity contribution in [1.82, 2.24) is 14.8 Å². The lowest BCUT2D eigenvalue weighted by Crippen LogP contribution is -2.52. The minimum Gasteiger partial charge on any atom is -0.378 e. The Bertz CT molecular complexity index is 501. The Labute approximate surface area is 158 Å². The van der Waals surface area contributed by atoms with Crippen LogP contribution < -0.4 is 0 Å². The van der Waals surface area contributed by atoms with Crippen LogP contribution in [0.4, 0.5) is 0 Å². The predicted molar refractivity (Wildman–Crippen MR) is 106 cm³/mol. The van der Waals surface area contributed by atoms with Crippen LogP contribution in [0.2, 0.25) is 0 Å². The van der Waals surface area contributed by atoms with E-state index in [0.29, 0.717) is 11.8 Å². The molecular weight excluding hydrogens is 326 g/mol. The Morgan fingerprint density at radius 1 is 1.27 bits per heavy atom. The number of carbonyl (C=O) groups excluding carboxylic acids is 1. The fraction of sp³-hybridized carbons (Fsp3) is 0.714. The van der Waals surface area contributed by atoms with Gasteiger partial charge in [0.2, 0.25) is 0 Å². The highest BCUT2D eigenvalue weighted by molar-refractivity contribution is 5.71. The summed E-state index contributed by atoms with van der Waals surface area (Å²) in [4.78, 5) is 19.0. The zero-order chi connectivity index (χ0) is 18.8. The lowest BCUT2D eigenvalue weighted by molar-refractivity contribution is -0.0282. The highest BCUT2D eigenvalue weighted by Gasteiger charge is 2.27. The zero-order valence-electron chi connectivity index (χ0n) is 16.6. The second kappa shape index (κ2) is 11.4. The lowest BCUT2D eigenvalue weighted by atomic mass is 10.0. The highest BCUT2D eigenvalue weighted by Crippen LogP contribution is 2.20. The summed E-state index contributed by atoms with van der Waals surface area (Å²) >= 11 is 0. The SMILES string of the molecule is CC(C)CCN1CCN(C2CCO[C@@H](C)C2)CC1.O=Cc1ccccn1. The summed E-state index contributed by atoms with van der Waals surface area (Å²) in [5.41, 5.74) is 0.479. The van der Waals surface area contributed by atoms with Crippen molar-refractivity contribution in [2.45, 2.75) is 52.2 Å². The standard InChI is InChI=1S/C15H30N2O.C6H5NO/c1-13(2)4-6-16-7-9-17(10-8-16)15-5-11-18-14(3)12-15;8-5-6-3-1-2-4-7-6/h13-15H,4-12H2,1-3H3;1-5H/t14-,15?;/m0./s1. The third kappa shape index (κ3) is 7.52. The first-order valence-corrected chi connectivity index (χ1v) is 10.0. The molecule has 3 rings (SSSR count). The van der Waals surface area contributed by atoms with Gasteiger partial charge in [-0.1, -0.05) is 19.9 Å². The van der Waals surface area contributed by atoms with Gasteiger partial charge in [-0.3, -0.25) is 14.7 Å². The van der Waals surface area contributed by atoms with Gasteiger partial charge in [0.15, 0.2) is 6.29 Å². The van der Waals surface area contributed by atoms with Crippen LogP contribution in [0.3, 0.4) is 0 Å². The van der Waals surface area contributed by atoms with Crippen molar-refractivity contribution < 1.29 is 9.53 Å². The van der Waals surface area contributed by atoms with Crippen molar-refractivity contribution in [2.24, 2.45) is 5.92 Å². The first kappa shape index (κ1) is 21.0. The normalized spacial score (nSPS) is 24.8. The molecule has 0 aromatic carbocycles. The molecule has 146 valence electrons. The van der Waals surface area contributed by atoms with Crippen molar-refractivity contribution >= 4 is 6.29 Å². The average molecular weight is 362 g/mol. The minimum absolute atomic E-state index is 0.461. The molecule has 0 spiro atoms. The summed E-state index contributed by atoms with van der Waals surface area (Å²) in [5, 5.41) is 0. The monoisotopic (exact) mass is 361 g/mol. The Morgan fingerprint density at radius 2 is 2.04 bits per heavy atom. The van der Waals surface area contributed by atoms with Gasteiger partial charge in [-0.25, -0.2) is 0 Å². The molecule has 2 aliphatic heterocycles. The molecule has 2 fully saturated rings. The third-order valence-electron chi connectivity index (χ3n) is 5.21. The van der Waals surface area contributed by atoms with E-state index in [1.54, 1.807) is 24.4 Å².